The molecule has 4 rings (SSSR count). The quantitative estimate of drug-likeness (QED) is 0.828. The van der Waals surface area contributed by atoms with Gasteiger partial charge in [0.25, 0.3) is 5.91 Å². The van der Waals surface area contributed by atoms with E-state index >= 15 is 0 Å². The Labute approximate surface area is 184 Å². The Bertz CT molecular complexity index is 959. The summed E-state index contributed by atoms with van der Waals surface area (Å²) in [7, 11) is 1.70. The lowest BCUT2D eigenvalue weighted by Crippen LogP contribution is -2.46. The van der Waals surface area contributed by atoms with Gasteiger partial charge in [0.1, 0.15) is 12.4 Å². The molecule has 6 nitrogen and oxygen atoms in total. The van der Waals surface area contributed by atoms with Crippen LogP contribution in [-0.2, 0) is 4.79 Å². The van der Waals surface area contributed by atoms with Gasteiger partial charge in [-0.05, 0) is 36.6 Å². The fourth-order valence-corrected chi connectivity index (χ4v) is 4.41. The number of benzene rings is 2. The summed E-state index contributed by atoms with van der Waals surface area (Å²) >= 11 is 0. The molecule has 2 heterocycles. The van der Waals surface area contributed by atoms with Gasteiger partial charge in [0.05, 0.1) is 12.6 Å². The molecule has 2 atom stereocenters. The van der Waals surface area contributed by atoms with Crippen molar-refractivity contribution in [2.24, 2.45) is 5.92 Å². The number of likely N-dealkylation sites (N-methyl/N-ethyl adjacent to an activating group) is 1. The fourth-order valence-electron chi connectivity index (χ4n) is 4.41. The first-order chi connectivity index (χ1) is 14.9. The third kappa shape index (κ3) is 4.59. The molecule has 2 aliphatic rings. The van der Waals surface area contributed by atoms with Crippen molar-refractivity contribution < 1.29 is 14.3 Å². The summed E-state index contributed by atoms with van der Waals surface area (Å²) in [5.41, 5.74) is 2.29. The van der Waals surface area contributed by atoms with E-state index in [9.17, 15) is 9.59 Å². The first kappa shape index (κ1) is 21.4. The second kappa shape index (κ2) is 9.10. The predicted molar refractivity (Wildman–Crippen MR) is 121 cm³/mol. The lowest BCUT2D eigenvalue weighted by atomic mass is 9.98. The zero-order chi connectivity index (χ0) is 22.0. The van der Waals surface area contributed by atoms with Crippen LogP contribution in [0.5, 0.6) is 5.75 Å². The highest BCUT2D eigenvalue weighted by Crippen LogP contribution is 2.34. The summed E-state index contributed by atoms with van der Waals surface area (Å²) in [6, 6.07) is 15.5. The number of hydrogen-bond donors (Lipinski definition) is 1. The number of ether oxygens (including phenoxy) is 1. The monoisotopic (exact) mass is 421 g/mol. The van der Waals surface area contributed by atoms with Gasteiger partial charge in [0.2, 0.25) is 5.91 Å². The minimum Gasteiger partial charge on any atom is -0.491 e. The number of hydrogen-bond acceptors (Lipinski definition) is 4. The van der Waals surface area contributed by atoms with Crippen molar-refractivity contribution in [2.75, 3.05) is 33.3 Å². The smallest absolute Gasteiger partial charge is 0.254 e. The first-order valence-corrected chi connectivity index (χ1v) is 11.0. The fraction of sp³-hybridized carbons (Fsp3) is 0.440. The van der Waals surface area contributed by atoms with Crippen molar-refractivity contribution in [2.45, 2.75) is 32.4 Å². The Morgan fingerprint density at radius 1 is 1.03 bits per heavy atom. The van der Waals surface area contributed by atoms with Crippen molar-refractivity contribution >= 4 is 11.8 Å². The SMILES string of the molecule is CC(C)CN[C@@H]1C[C@H]2COc3ccccc3-c3ccccc3C(=O)N(C)CC(=O)N2C1. The average molecular weight is 422 g/mol. The van der Waals surface area contributed by atoms with E-state index in [1.54, 1.807) is 7.05 Å². The molecule has 1 N–H and O–H groups in total. The van der Waals surface area contributed by atoms with E-state index in [-0.39, 0.29) is 30.4 Å². The number of rotatable bonds is 3. The highest BCUT2D eigenvalue weighted by molar-refractivity contribution is 6.02. The predicted octanol–water partition coefficient (Wildman–Crippen LogP) is 3.03. The van der Waals surface area contributed by atoms with Crippen LogP contribution in [0.1, 0.15) is 30.6 Å². The van der Waals surface area contributed by atoms with E-state index in [2.05, 4.69) is 19.2 Å². The van der Waals surface area contributed by atoms with E-state index in [4.69, 9.17) is 4.74 Å². The van der Waals surface area contributed by atoms with Crippen LogP contribution in [0.3, 0.4) is 0 Å². The molecule has 0 aromatic heterocycles. The van der Waals surface area contributed by atoms with Crippen LogP contribution in [0.25, 0.3) is 11.1 Å². The number of nitrogens with one attached hydrogen (secondary N) is 1. The molecule has 2 amide bonds. The van der Waals surface area contributed by atoms with Crippen molar-refractivity contribution in [3.8, 4) is 16.9 Å². The van der Waals surface area contributed by atoms with Gasteiger partial charge in [-0.15, -0.1) is 0 Å². The van der Waals surface area contributed by atoms with Gasteiger partial charge >= 0.3 is 0 Å². The molecule has 6 heteroatoms. The average Bonchev–Trinajstić information content (AvgIpc) is 3.18. The minimum absolute atomic E-state index is 0.0246. The van der Waals surface area contributed by atoms with E-state index in [0.717, 1.165) is 29.8 Å². The zero-order valence-corrected chi connectivity index (χ0v) is 18.5. The Kier molecular flexibility index (Phi) is 6.28. The van der Waals surface area contributed by atoms with Gasteiger partial charge in [-0.3, -0.25) is 9.59 Å². The highest BCUT2D eigenvalue weighted by Gasteiger charge is 2.36. The normalized spacial score (nSPS) is 21.7. The lowest BCUT2D eigenvalue weighted by molar-refractivity contribution is -0.133. The molecule has 2 aromatic carbocycles. The maximum absolute atomic E-state index is 13.2. The molecule has 0 aliphatic carbocycles. The summed E-state index contributed by atoms with van der Waals surface area (Å²) in [5, 5.41) is 3.58. The molecule has 0 unspecified atom stereocenters. The molecule has 164 valence electrons. The number of carbonyl (C=O) groups excluding carboxylic acids is 2. The molecule has 2 aliphatic heterocycles. The van der Waals surface area contributed by atoms with Crippen LogP contribution in [0.15, 0.2) is 48.5 Å². The van der Waals surface area contributed by atoms with Gasteiger partial charge in [-0.25, -0.2) is 0 Å². The van der Waals surface area contributed by atoms with Crippen LogP contribution < -0.4 is 10.1 Å². The highest BCUT2D eigenvalue weighted by atomic mass is 16.5. The number of carbonyl (C=O) groups is 2. The molecular formula is C25H31N3O3. The van der Waals surface area contributed by atoms with Gasteiger partial charge in [0, 0.05) is 30.8 Å². The van der Waals surface area contributed by atoms with Gasteiger partial charge in [-0.1, -0.05) is 50.2 Å². The van der Waals surface area contributed by atoms with Crippen LogP contribution in [0, 0.1) is 5.92 Å². The second-order valence-corrected chi connectivity index (χ2v) is 8.95. The lowest BCUT2D eigenvalue weighted by Gasteiger charge is -2.29. The zero-order valence-electron chi connectivity index (χ0n) is 18.5. The Morgan fingerprint density at radius 3 is 2.45 bits per heavy atom. The third-order valence-corrected chi connectivity index (χ3v) is 6.03. The van der Waals surface area contributed by atoms with Crippen LogP contribution in [0.2, 0.25) is 0 Å². The summed E-state index contributed by atoms with van der Waals surface area (Å²) in [5.74, 6) is 1.08. The topological polar surface area (TPSA) is 61.9 Å². The molecule has 2 aromatic rings. The molecular weight excluding hydrogens is 390 g/mol. The van der Waals surface area contributed by atoms with E-state index in [1.807, 2.05) is 53.4 Å². The summed E-state index contributed by atoms with van der Waals surface area (Å²) in [6.45, 7) is 6.40. The number of nitrogens with zero attached hydrogens (tertiary/aromatic N) is 2. The van der Waals surface area contributed by atoms with E-state index < -0.39 is 0 Å². The standard InChI is InChI=1S/C25H31N3O3/c1-17(2)13-26-18-12-19-16-31-23-11-7-6-9-21(23)20-8-4-5-10-22(20)25(30)27(3)15-24(29)28(19)14-18/h4-11,17-19,26H,12-16H2,1-3H3/t18-,19+/m1/s1. The Hall–Kier alpha value is -2.86. The summed E-state index contributed by atoms with van der Waals surface area (Å²) < 4.78 is 6.27. The Balaban J connectivity index is 1.68. The molecule has 0 saturated carbocycles. The van der Waals surface area contributed by atoms with Crippen LogP contribution in [-0.4, -0.2) is 67.0 Å². The van der Waals surface area contributed by atoms with E-state index in [1.165, 1.54) is 4.90 Å². The number of amides is 2. The van der Waals surface area contributed by atoms with Crippen molar-refractivity contribution in [3.05, 3.63) is 54.1 Å². The van der Waals surface area contributed by atoms with Crippen molar-refractivity contribution in [1.82, 2.24) is 15.1 Å². The van der Waals surface area contributed by atoms with E-state index in [0.29, 0.717) is 24.6 Å². The summed E-state index contributed by atoms with van der Waals surface area (Å²) in [6.07, 6.45) is 0.842. The van der Waals surface area contributed by atoms with Crippen molar-refractivity contribution in [1.29, 1.82) is 0 Å². The Morgan fingerprint density at radius 2 is 1.71 bits per heavy atom. The first-order valence-electron chi connectivity index (χ1n) is 11.0. The van der Waals surface area contributed by atoms with Crippen LogP contribution >= 0.6 is 0 Å². The number of fused-ring (bicyclic) bond motifs is 4. The second-order valence-electron chi connectivity index (χ2n) is 8.95. The van der Waals surface area contributed by atoms with Gasteiger partial charge in [0.15, 0.2) is 0 Å². The molecule has 0 radical (unpaired) electrons. The van der Waals surface area contributed by atoms with Crippen LogP contribution in [0.4, 0.5) is 0 Å². The molecule has 0 spiro atoms. The maximum Gasteiger partial charge on any atom is 0.254 e. The molecule has 31 heavy (non-hydrogen) atoms. The van der Waals surface area contributed by atoms with Gasteiger partial charge in [-0.2, -0.15) is 0 Å². The largest absolute Gasteiger partial charge is 0.491 e. The molecule has 1 fully saturated rings. The number of para-hydroxylation sites is 1. The third-order valence-electron chi connectivity index (χ3n) is 6.03. The van der Waals surface area contributed by atoms with Crippen molar-refractivity contribution in [3.63, 3.8) is 0 Å². The maximum atomic E-state index is 13.2. The molecule has 1 saturated heterocycles. The molecule has 0 bridgehead atoms. The summed E-state index contributed by atoms with van der Waals surface area (Å²) in [4.78, 5) is 29.8. The minimum atomic E-state index is -0.162. The van der Waals surface area contributed by atoms with Gasteiger partial charge < -0.3 is 19.9 Å².